The van der Waals surface area contributed by atoms with E-state index >= 15 is 0 Å². The van der Waals surface area contributed by atoms with Crippen molar-refractivity contribution in [1.29, 1.82) is 0 Å². The highest BCUT2D eigenvalue weighted by Crippen LogP contribution is 2.44. The van der Waals surface area contributed by atoms with Crippen LogP contribution in [-0.2, 0) is 9.84 Å². The van der Waals surface area contributed by atoms with Crippen LogP contribution in [0.5, 0.6) is 5.75 Å². The van der Waals surface area contributed by atoms with Gasteiger partial charge in [0.15, 0.2) is 9.84 Å². The third-order valence-electron chi connectivity index (χ3n) is 5.13. The van der Waals surface area contributed by atoms with E-state index in [1.165, 1.54) is 36.4 Å². The number of phenols is 1. The lowest BCUT2D eigenvalue weighted by Gasteiger charge is -2.36. The van der Waals surface area contributed by atoms with E-state index < -0.39 is 9.84 Å². The van der Waals surface area contributed by atoms with Crippen LogP contribution in [0.2, 0.25) is 0 Å². The molecule has 1 heterocycles. The van der Waals surface area contributed by atoms with Gasteiger partial charge in [-0.3, -0.25) is 0 Å². The molecule has 3 aromatic carbocycles. The van der Waals surface area contributed by atoms with Gasteiger partial charge in [0, 0.05) is 11.8 Å². The molecule has 4 nitrogen and oxygen atoms in total. The highest BCUT2D eigenvalue weighted by molar-refractivity contribution is 7.91. The third kappa shape index (κ3) is 3.63. The van der Waals surface area contributed by atoms with E-state index in [1.54, 1.807) is 18.3 Å². The quantitative estimate of drug-likeness (QED) is 0.654. The van der Waals surface area contributed by atoms with E-state index in [4.69, 9.17) is 0 Å². The minimum absolute atomic E-state index is 0.0129. The van der Waals surface area contributed by atoms with Crippen molar-refractivity contribution in [2.24, 2.45) is 0 Å². The summed E-state index contributed by atoms with van der Waals surface area (Å²) in [6, 6.07) is 18.0. The molecular formula is C23H20FNO3S. The number of rotatable bonds is 4. The number of aromatic hydroxyl groups is 1. The van der Waals surface area contributed by atoms with Crippen LogP contribution in [0.1, 0.15) is 18.5 Å². The highest BCUT2D eigenvalue weighted by atomic mass is 32.2. The number of fused-ring (bicyclic) bond motifs is 3. The zero-order valence-electron chi connectivity index (χ0n) is 15.8. The number of hydrogen-bond acceptors (Lipinski definition) is 4. The summed E-state index contributed by atoms with van der Waals surface area (Å²) in [6.45, 7) is 2.01. The van der Waals surface area contributed by atoms with E-state index in [0.717, 1.165) is 16.7 Å². The molecule has 0 saturated heterocycles. The lowest BCUT2D eigenvalue weighted by molar-refractivity contribution is 0.475. The Morgan fingerprint density at radius 3 is 2.52 bits per heavy atom. The minimum Gasteiger partial charge on any atom is -0.508 e. The molecular weight excluding hydrogens is 389 g/mol. The van der Waals surface area contributed by atoms with Gasteiger partial charge >= 0.3 is 0 Å². The first-order chi connectivity index (χ1) is 13.9. The second kappa shape index (κ2) is 7.37. The first kappa shape index (κ1) is 19.2. The number of sulfone groups is 1. The van der Waals surface area contributed by atoms with Crippen molar-refractivity contribution in [2.75, 3.05) is 10.7 Å². The van der Waals surface area contributed by atoms with Crippen LogP contribution in [0.15, 0.2) is 83.9 Å². The predicted molar refractivity (Wildman–Crippen MR) is 112 cm³/mol. The summed E-state index contributed by atoms with van der Waals surface area (Å²) in [5.41, 5.74) is 3.76. The van der Waals surface area contributed by atoms with E-state index in [0.29, 0.717) is 5.69 Å². The van der Waals surface area contributed by atoms with E-state index in [9.17, 15) is 17.9 Å². The summed E-state index contributed by atoms with van der Waals surface area (Å²) >= 11 is 0. The average molecular weight is 409 g/mol. The summed E-state index contributed by atoms with van der Waals surface area (Å²) in [7, 11) is -3.54. The van der Waals surface area contributed by atoms with Crippen LogP contribution in [0.4, 0.5) is 10.1 Å². The SMILES string of the molecule is CC1c2ccccc2-c2ccc(F)cc2N1C=CCS(=O)(=O)c1ccc(O)cc1. The Labute approximate surface area is 169 Å². The van der Waals surface area contributed by atoms with Gasteiger partial charge in [-0.05, 0) is 60.5 Å². The van der Waals surface area contributed by atoms with Crippen molar-refractivity contribution in [3.05, 3.63) is 90.4 Å². The number of hydrogen-bond donors (Lipinski definition) is 1. The number of phenolic OH excluding ortho intramolecular Hbond substituents is 1. The van der Waals surface area contributed by atoms with Gasteiger partial charge in [-0.1, -0.05) is 30.3 Å². The summed E-state index contributed by atoms with van der Waals surface area (Å²) < 4.78 is 39.1. The third-order valence-corrected chi connectivity index (χ3v) is 6.76. The maximum absolute atomic E-state index is 14.0. The second-order valence-corrected chi connectivity index (χ2v) is 9.03. The molecule has 1 atom stereocenters. The molecule has 0 saturated carbocycles. The maximum Gasteiger partial charge on any atom is 0.181 e. The molecule has 3 aromatic rings. The average Bonchev–Trinajstić information content (AvgIpc) is 2.70. The fourth-order valence-corrected chi connectivity index (χ4v) is 4.74. The van der Waals surface area contributed by atoms with Crippen LogP contribution in [0.25, 0.3) is 11.1 Å². The first-order valence-electron chi connectivity index (χ1n) is 9.22. The highest BCUT2D eigenvalue weighted by Gasteiger charge is 2.27. The van der Waals surface area contributed by atoms with Crippen LogP contribution < -0.4 is 4.90 Å². The molecule has 0 aromatic heterocycles. The molecule has 1 unspecified atom stereocenters. The smallest absolute Gasteiger partial charge is 0.181 e. The van der Waals surface area contributed by atoms with E-state index in [1.807, 2.05) is 36.1 Å². The van der Waals surface area contributed by atoms with Crippen molar-refractivity contribution in [2.45, 2.75) is 17.9 Å². The molecule has 1 N–H and O–H groups in total. The largest absolute Gasteiger partial charge is 0.508 e. The Hall–Kier alpha value is -3.12. The molecule has 1 aliphatic rings. The predicted octanol–water partition coefficient (Wildman–Crippen LogP) is 5.07. The second-order valence-electron chi connectivity index (χ2n) is 6.99. The molecule has 0 amide bonds. The summed E-state index contributed by atoms with van der Waals surface area (Å²) in [6.07, 6.45) is 3.28. The Balaban J connectivity index is 1.67. The molecule has 0 aliphatic carbocycles. The van der Waals surface area contributed by atoms with E-state index in [2.05, 4.69) is 0 Å². The molecule has 0 spiro atoms. The number of anilines is 1. The molecule has 148 valence electrons. The molecule has 4 rings (SSSR count). The van der Waals surface area contributed by atoms with Crippen LogP contribution >= 0.6 is 0 Å². The first-order valence-corrected chi connectivity index (χ1v) is 10.9. The normalized spacial score (nSPS) is 15.9. The van der Waals surface area contributed by atoms with Gasteiger partial charge in [0.25, 0.3) is 0 Å². The van der Waals surface area contributed by atoms with Crippen molar-refractivity contribution >= 4 is 15.5 Å². The van der Waals surface area contributed by atoms with Crippen molar-refractivity contribution in [3.8, 4) is 16.9 Å². The summed E-state index contributed by atoms with van der Waals surface area (Å²) in [5.74, 6) is -0.530. The van der Waals surface area contributed by atoms with Crippen molar-refractivity contribution in [3.63, 3.8) is 0 Å². The topological polar surface area (TPSA) is 57.6 Å². The van der Waals surface area contributed by atoms with Gasteiger partial charge in [-0.25, -0.2) is 12.8 Å². The minimum atomic E-state index is -3.54. The molecule has 6 heteroatoms. The lowest BCUT2D eigenvalue weighted by Crippen LogP contribution is -2.25. The Morgan fingerprint density at radius 2 is 1.76 bits per heavy atom. The fraction of sp³-hybridized carbons (Fsp3) is 0.130. The fourth-order valence-electron chi connectivity index (χ4n) is 3.65. The Bertz CT molecular complexity index is 1190. The maximum atomic E-state index is 14.0. The van der Waals surface area contributed by atoms with Gasteiger partial charge in [-0.15, -0.1) is 0 Å². The van der Waals surface area contributed by atoms with Crippen LogP contribution in [-0.4, -0.2) is 19.3 Å². The van der Waals surface area contributed by atoms with Gasteiger partial charge in [0.1, 0.15) is 11.6 Å². The van der Waals surface area contributed by atoms with Gasteiger partial charge in [0.2, 0.25) is 0 Å². The number of nitrogens with zero attached hydrogens (tertiary/aromatic N) is 1. The van der Waals surface area contributed by atoms with Crippen LogP contribution in [0.3, 0.4) is 0 Å². The zero-order valence-corrected chi connectivity index (χ0v) is 16.6. The standard InChI is InChI=1S/C23H20FNO3S/c1-16-20-5-2-3-6-21(20)22-12-7-17(24)15-23(22)25(16)13-4-14-29(27,28)19-10-8-18(26)9-11-19/h2-13,15-16,26H,14H2,1H3. The Kier molecular flexibility index (Phi) is 4.88. The number of halogens is 1. The summed E-state index contributed by atoms with van der Waals surface area (Å²) in [4.78, 5) is 2.04. The molecule has 0 radical (unpaired) electrons. The van der Waals surface area contributed by atoms with Crippen LogP contribution in [0, 0.1) is 5.82 Å². The lowest BCUT2D eigenvalue weighted by atomic mass is 9.89. The summed E-state index contributed by atoms with van der Waals surface area (Å²) in [5, 5.41) is 9.35. The van der Waals surface area contributed by atoms with Crippen molar-refractivity contribution < 1.29 is 17.9 Å². The Morgan fingerprint density at radius 1 is 1.03 bits per heavy atom. The van der Waals surface area contributed by atoms with E-state index in [-0.39, 0.29) is 28.3 Å². The molecule has 0 bridgehead atoms. The molecule has 1 aliphatic heterocycles. The van der Waals surface area contributed by atoms with Gasteiger partial charge in [0.05, 0.1) is 22.4 Å². The van der Waals surface area contributed by atoms with Gasteiger partial charge in [-0.2, -0.15) is 0 Å². The van der Waals surface area contributed by atoms with Crippen molar-refractivity contribution in [1.82, 2.24) is 0 Å². The van der Waals surface area contributed by atoms with Gasteiger partial charge < -0.3 is 10.0 Å². The number of benzene rings is 3. The molecule has 29 heavy (non-hydrogen) atoms. The monoisotopic (exact) mass is 409 g/mol. The molecule has 0 fully saturated rings. The zero-order chi connectivity index (χ0) is 20.6.